The highest BCUT2D eigenvalue weighted by molar-refractivity contribution is 5.78. The van der Waals surface area contributed by atoms with Crippen molar-refractivity contribution in [2.75, 3.05) is 0 Å². The minimum absolute atomic E-state index is 0.0510. The highest BCUT2D eigenvalue weighted by Gasteiger charge is 2.34. The third-order valence-electron chi connectivity index (χ3n) is 3.96. The summed E-state index contributed by atoms with van der Waals surface area (Å²) in [5, 5.41) is 6.42. The van der Waals surface area contributed by atoms with Crippen LogP contribution in [-0.2, 0) is 9.59 Å². The van der Waals surface area contributed by atoms with Gasteiger partial charge in [0.15, 0.2) is 0 Å². The van der Waals surface area contributed by atoms with Crippen LogP contribution in [0.15, 0.2) is 0 Å². The molecule has 2 rings (SSSR count). The van der Waals surface area contributed by atoms with E-state index >= 15 is 0 Å². The molecule has 5 nitrogen and oxygen atoms in total. The van der Waals surface area contributed by atoms with Crippen LogP contribution >= 0.6 is 0 Å². The molecule has 0 aromatic rings. The number of primary amides is 1. The molecule has 18 heavy (non-hydrogen) atoms. The van der Waals surface area contributed by atoms with Crippen molar-refractivity contribution in [3.05, 3.63) is 0 Å². The van der Waals surface area contributed by atoms with Crippen LogP contribution in [0, 0.1) is 5.92 Å². The second kappa shape index (κ2) is 5.69. The molecule has 0 spiro atoms. The summed E-state index contributed by atoms with van der Waals surface area (Å²) in [4.78, 5) is 22.6. The maximum absolute atomic E-state index is 11.9. The normalized spacial score (nSPS) is 31.9. The molecular formula is C13H23N3O2. The minimum Gasteiger partial charge on any atom is -0.370 e. The summed E-state index contributed by atoms with van der Waals surface area (Å²) in [6.07, 6.45) is 5.50. The van der Waals surface area contributed by atoms with Gasteiger partial charge in [-0.3, -0.25) is 9.59 Å². The molecule has 2 aliphatic heterocycles. The van der Waals surface area contributed by atoms with Gasteiger partial charge in [0, 0.05) is 31.0 Å². The van der Waals surface area contributed by atoms with Crippen molar-refractivity contribution in [3.63, 3.8) is 0 Å². The van der Waals surface area contributed by atoms with Crippen molar-refractivity contribution in [1.29, 1.82) is 0 Å². The van der Waals surface area contributed by atoms with Gasteiger partial charge >= 0.3 is 0 Å². The average Bonchev–Trinajstić information content (AvgIpc) is 2.56. The van der Waals surface area contributed by atoms with Crippen molar-refractivity contribution in [3.8, 4) is 0 Å². The lowest BCUT2D eigenvalue weighted by Gasteiger charge is -2.29. The van der Waals surface area contributed by atoms with Gasteiger partial charge in [0.2, 0.25) is 11.8 Å². The molecule has 0 aromatic heterocycles. The molecule has 2 bridgehead atoms. The standard InChI is InChI=1S/C13H23N3O2/c1-8(4-12(14)17)15-13(18)7-9-5-10-2-3-11(6-9)16-10/h8-11,16H,2-7H2,1H3,(H2,14,17)(H,15,18). The van der Waals surface area contributed by atoms with E-state index in [-0.39, 0.29) is 24.3 Å². The first-order chi connectivity index (χ1) is 8.52. The highest BCUT2D eigenvalue weighted by atomic mass is 16.2. The number of hydrogen-bond acceptors (Lipinski definition) is 3. The predicted molar refractivity (Wildman–Crippen MR) is 68.7 cm³/mol. The number of hydrogen-bond donors (Lipinski definition) is 3. The number of nitrogens with one attached hydrogen (secondary N) is 2. The Morgan fingerprint density at radius 2 is 1.94 bits per heavy atom. The fourth-order valence-electron chi connectivity index (χ4n) is 3.29. The fourth-order valence-corrected chi connectivity index (χ4v) is 3.29. The van der Waals surface area contributed by atoms with E-state index in [1.807, 2.05) is 6.92 Å². The zero-order chi connectivity index (χ0) is 13.1. The Hall–Kier alpha value is -1.10. The van der Waals surface area contributed by atoms with Crippen LogP contribution in [0.25, 0.3) is 0 Å². The largest absolute Gasteiger partial charge is 0.370 e. The van der Waals surface area contributed by atoms with Crippen LogP contribution in [0.3, 0.4) is 0 Å². The van der Waals surface area contributed by atoms with Crippen molar-refractivity contribution in [2.24, 2.45) is 11.7 Å². The van der Waals surface area contributed by atoms with Crippen LogP contribution in [-0.4, -0.2) is 29.9 Å². The van der Waals surface area contributed by atoms with Crippen LogP contribution in [0.1, 0.15) is 45.4 Å². The summed E-state index contributed by atoms with van der Waals surface area (Å²) in [5.41, 5.74) is 5.10. The van der Waals surface area contributed by atoms with Gasteiger partial charge in [0.05, 0.1) is 0 Å². The summed E-state index contributed by atoms with van der Waals surface area (Å²) >= 11 is 0. The van der Waals surface area contributed by atoms with E-state index in [1.54, 1.807) is 0 Å². The van der Waals surface area contributed by atoms with Gasteiger partial charge in [-0.25, -0.2) is 0 Å². The smallest absolute Gasteiger partial charge is 0.220 e. The first-order valence-electron chi connectivity index (χ1n) is 6.86. The Morgan fingerprint density at radius 1 is 1.33 bits per heavy atom. The Kier molecular flexibility index (Phi) is 4.22. The quantitative estimate of drug-likeness (QED) is 0.658. The van der Waals surface area contributed by atoms with Crippen molar-refractivity contribution >= 4 is 11.8 Å². The molecule has 5 heteroatoms. The van der Waals surface area contributed by atoms with Gasteiger partial charge in [-0.15, -0.1) is 0 Å². The Labute approximate surface area is 108 Å². The van der Waals surface area contributed by atoms with Crippen molar-refractivity contribution in [2.45, 2.75) is 63.6 Å². The van der Waals surface area contributed by atoms with Gasteiger partial charge in [-0.1, -0.05) is 0 Å². The lowest BCUT2D eigenvalue weighted by atomic mass is 9.89. The molecule has 0 radical (unpaired) electrons. The number of amides is 2. The van der Waals surface area contributed by atoms with E-state index in [9.17, 15) is 9.59 Å². The van der Waals surface area contributed by atoms with Crippen LogP contribution in [0.5, 0.6) is 0 Å². The number of piperidine rings is 1. The first kappa shape index (κ1) is 13.3. The number of carbonyl (C=O) groups is 2. The Morgan fingerprint density at radius 3 is 2.50 bits per heavy atom. The van der Waals surface area contributed by atoms with Crippen molar-refractivity contribution in [1.82, 2.24) is 10.6 Å². The zero-order valence-corrected chi connectivity index (χ0v) is 10.9. The average molecular weight is 253 g/mol. The van der Waals surface area contributed by atoms with Gasteiger partial charge in [0.1, 0.15) is 0 Å². The number of carbonyl (C=O) groups excluding carboxylic acids is 2. The second-order valence-corrected chi connectivity index (χ2v) is 5.82. The molecule has 3 atom stereocenters. The van der Waals surface area contributed by atoms with Gasteiger partial charge in [-0.2, -0.15) is 0 Å². The van der Waals surface area contributed by atoms with E-state index in [4.69, 9.17) is 5.73 Å². The maximum atomic E-state index is 11.9. The molecule has 3 unspecified atom stereocenters. The third kappa shape index (κ3) is 3.70. The SMILES string of the molecule is CC(CC(N)=O)NC(=O)CC1CC2CCC(C1)N2. The second-order valence-electron chi connectivity index (χ2n) is 5.82. The summed E-state index contributed by atoms with van der Waals surface area (Å²) < 4.78 is 0. The molecule has 0 saturated carbocycles. The zero-order valence-electron chi connectivity index (χ0n) is 10.9. The molecule has 4 N–H and O–H groups in total. The first-order valence-corrected chi connectivity index (χ1v) is 6.86. The molecule has 0 aromatic carbocycles. The summed E-state index contributed by atoms with van der Waals surface area (Å²) in [7, 11) is 0. The summed E-state index contributed by atoms with van der Waals surface area (Å²) in [5.74, 6) is 0.169. The van der Waals surface area contributed by atoms with E-state index < -0.39 is 0 Å². The van der Waals surface area contributed by atoms with Gasteiger partial charge in [0.25, 0.3) is 0 Å². The third-order valence-corrected chi connectivity index (χ3v) is 3.96. The monoisotopic (exact) mass is 253 g/mol. The molecule has 2 aliphatic rings. The van der Waals surface area contributed by atoms with Crippen molar-refractivity contribution < 1.29 is 9.59 Å². The van der Waals surface area contributed by atoms with Crippen LogP contribution in [0.4, 0.5) is 0 Å². The molecular weight excluding hydrogens is 230 g/mol. The number of nitrogens with two attached hydrogens (primary N) is 1. The predicted octanol–water partition coefficient (Wildman–Crippen LogP) is 0.287. The molecule has 2 saturated heterocycles. The molecule has 2 heterocycles. The summed E-state index contributed by atoms with van der Waals surface area (Å²) in [6, 6.07) is 1.07. The van der Waals surface area contributed by atoms with Gasteiger partial charge in [-0.05, 0) is 38.5 Å². The van der Waals surface area contributed by atoms with E-state index in [0.717, 1.165) is 12.8 Å². The summed E-state index contributed by atoms with van der Waals surface area (Å²) in [6.45, 7) is 1.81. The fraction of sp³-hybridized carbons (Fsp3) is 0.846. The number of rotatable bonds is 5. The van der Waals surface area contributed by atoms with Crippen LogP contribution < -0.4 is 16.4 Å². The van der Waals surface area contributed by atoms with Crippen LogP contribution in [0.2, 0.25) is 0 Å². The van der Waals surface area contributed by atoms with E-state index in [0.29, 0.717) is 24.4 Å². The number of fused-ring (bicyclic) bond motifs is 2. The molecule has 102 valence electrons. The Bertz CT molecular complexity index is 320. The Balaban J connectivity index is 1.72. The molecule has 2 fully saturated rings. The molecule has 2 amide bonds. The lowest BCUT2D eigenvalue weighted by molar-refractivity contribution is -0.123. The van der Waals surface area contributed by atoms with E-state index in [2.05, 4.69) is 10.6 Å². The minimum atomic E-state index is -0.372. The maximum Gasteiger partial charge on any atom is 0.220 e. The van der Waals surface area contributed by atoms with Gasteiger partial charge < -0.3 is 16.4 Å². The molecule has 0 aliphatic carbocycles. The topological polar surface area (TPSA) is 84.2 Å². The highest BCUT2D eigenvalue weighted by Crippen LogP contribution is 2.32. The van der Waals surface area contributed by atoms with E-state index in [1.165, 1.54) is 12.8 Å². The lowest BCUT2D eigenvalue weighted by Crippen LogP contribution is -2.41.